The first-order valence-electron chi connectivity index (χ1n) is 3.53. The zero-order chi connectivity index (χ0) is 9.68. The minimum absolute atomic E-state index is 0.222. The Hall–Kier alpha value is -1.53. The molecule has 0 aliphatic heterocycles. The lowest BCUT2D eigenvalue weighted by molar-refractivity contribution is -0.131. The molecule has 0 spiro atoms. The van der Waals surface area contributed by atoms with Crippen molar-refractivity contribution in [3.63, 3.8) is 0 Å². The van der Waals surface area contributed by atoms with Gasteiger partial charge in [0.15, 0.2) is 0 Å². The van der Waals surface area contributed by atoms with Gasteiger partial charge in [0.05, 0.1) is 5.56 Å². The summed E-state index contributed by atoms with van der Waals surface area (Å²) in [6.45, 7) is 0. The number of nitriles is 1. The fraction of sp³-hybridized carbons (Fsp3) is 0.111. The van der Waals surface area contributed by atoms with Crippen LogP contribution in [0.25, 0.3) is 0 Å². The van der Waals surface area contributed by atoms with Crippen molar-refractivity contribution in [2.75, 3.05) is 5.88 Å². The highest BCUT2D eigenvalue weighted by Gasteiger charge is 2.06. The van der Waals surface area contributed by atoms with Crippen molar-refractivity contribution in [2.24, 2.45) is 0 Å². The molecule has 0 aliphatic rings. The summed E-state index contributed by atoms with van der Waals surface area (Å²) < 4.78 is 4.79. The van der Waals surface area contributed by atoms with Crippen LogP contribution in [0.4, 0.5) is 0 Å². The second kappa shape index (κ2) is 4.48. The summed E-state index contributed by atoms with van der Waals surface area (Å²) in [4.78, 5) is 10.8. The van der Waals surface area contributed by atoms with E-state index in [1.165, 1.54) is 0 Å². The number of benzene rings is 1. The van der Waals surface area contributed by atoms with E-state index in [0.29, 0.717) is 5.56 Å². The number of carbonyl (C=O) groups excluding carboxylic acids is 1. The SMILES string of the molecule is N#Cc1ccccc1OC(=O)CCl. The summed E-state index contributed by atoms with van der Waals surface area (Å²) in [6, 6.07) is 8.38. The topological polar surface area (TPSA) is 50.1 Å². The van der Waals surface area contributed by atoms with E-state index in [0.717, 1.165) is 0 Å². The smallest absolute Gasteiger partial charge is 0.326 e. The Morgan fingerprint density at radius 3 is 2.85 bits per heavy atom. The van der Waals surface area contributed by atoms with E-state index in [1.807, 2.05) is 6.07 Å². The van der Waals surface area contributed by atoms with Gasteiger partial charge >= 0.3 is 5.97 Å². The molecule has 1 aromatic rings. The molecule has 13 heavy (non-hydrogen) atoms. The highest BCUT2D eigenvalue weighted by Crippen LogP contribution is 2.16. The van der Waals surface area contributed by atoms with E-state index < -0.39 is 5.97 Å². The molecule has 1 aromatic carbocycles. The van der Waals surface area contributed by atoms with Gasteiger partial charge in [-0.15, -0.1) is 11.6 Å². The van der Waals surface area contributed by atoms with Crippen LogP contribution in [0.1, 0.15) is 5.56 Å². The lowest BCUT2D eigenvalue weighted by Gasteiger charge is -2.02. The molecular weight excluding hydrogens is 190 g/mol. The van der Waals surface area contributed by atoms with Crippen LogP contribution < -0.4 is 4.74 Å². The Kier molecular flexibility index (Phi) is 3.30. The minimum atomic E-state index is -0.565. The van der Waals surface area contributed by atoms with Gasteiger partial charge in [-0.3, -0.25) is 4.79 Å². The molecule has 0 aliphatic carbocycles. The summed E-state index contributed by atoms with van der Waals surface area (Å²) in [5.41, 5.74) is 0.320. The Labute approximate surface area is 80.5 Å². The Bertz CT molecular complexity index is 357. The molecule has 0 fully saturated rings. The Morgan fingerprint density at radius 2 is 2.23 bits per heavy atom. The van der Waals surface area contributed by atoms with Gasteiger partial charge in [-0.1, -0.05) is 12.1 Å². The Morgan fingerprint density at radius 1 is 1.54 bits per heavy atom. The molecule has 0 amide bonds. The average molecular weight is 196 g/mol. The maximum Gasteiger partial charge on any atom is 0.326 e. The largest absolute Gasteiger partial charge is 0.424 e. The first-order valence-corrected chi connectivity index (χ1v) is 4.07. The summed E-state index contributed by atoms with van der Waals surface area (Å²) in [5, 5.41) is 8.63. The van der Waals surface area contributed by atoms with E-state index in [1.54, 1.807) is 24.3 Å². The first-order chi connectivity index (χ1) is 6.27. The molecule has 3 nitrogen and oxygen atoms in total. The molecule has 0 saturated heterocycles. The van der Waals surface area contributed by atoms with Gasteiger partial charge < -0.3 is 4.74 Å². The van der Waals surface area contributed by atoms with Crippen molar-refractivity contribution in [3.8, 4) is 11.8 Å². The van der Waals surface area contributed by atoms with Crippen LogP contribution in [0.15, 0.2) is 24.3 Å². The molecule has 66 valence electrons. The molecule has 0 unspecified atom stereocenters. The van der Waals surface area contributed by atoms with Gasteiger partial charge in [0, 0.05) is 0 Å². The van der Waals surface area contributed by atoms with Crippen LogP contribution in [0.2, 0.25) is 0 Å². The molecule has 0 N–H and O–H groups in total. The maximum absolute atomic E-state index is 10.8. The van der Waals surface area contributed by atoms with Gasteiger partial charge in [0.2, 0.25) is 0 Å². The third-order valence-electron chi connectivity index (χ3n) is 1.34. The van der Waals surface area contributed by atoms with Crippen molar-refractivity contribution < 1.29 is 9.53 Å². The lowest BCUT2D eigenvalue weighted by atomic mass is 10.2. The molecule has 0 atom stereocenters. The van der Waals surface area contributed by atoms with E-state index >= 15 is 0 Å². The second-order valence-corrected chi connectivity index (χ2v) is 2.48. The first kappa shape index (κ1) is 9.56. The van der Waals surface area contributed by atoms with Crippen LogP contribution >= 0.6 is 11.6 Å². The van der Waals surface area contributed by atoms with Crippen LogP contribution in [-0.4, -0.2) is 11.8 Å². The summed E-state index contributed by atoms with van der Waals surface area (Å²) in [5.74, 6) is -0.542. The highest BCUT2D eigenvalue weighted by molar-refractivity contribution is 6.26. The zero-order valence-electron chi connectivity index (χ0n) is 6.66. The molecular formula is C9H6ClNO2. The molecule has 4 heteroatoms. The number of ether oxygens (including phenoxy) is 1. The van der Waals surface area contributed by atoms with Crippen LogP contribution in [0.3, 0.4) is 0 Å². The maximum atomic E-state index is 10.8. The number of alkyl halides is 1. The Balaban J connectivity index is 2.89. The monoisotopic (exact) mass is 195 g/mol. The average Bonchev–Trinajstić information content (AvgIpc) is 2.18. The quantitative estimate of drug-likeness (QED) is 0.410. The minimum Gasteiger partial charge on any atom is -0.424 e. The number of rotatable bonds is 2. The van der Waals surface area contributed by atoms with Crippen molar-refractivity contribution in [3.05, 3.63) is 29.8 Å². The van der Waals surface area contributed by atoms with Gasteiger partial charge in [-0.25, -0.2) is 0 Å². The number of hydrogen-bond donors (Lipinski definition) is 0. The van der Waals surface area contributed by atoms with Gasteiger partial charge in [0.25, 0.3) is 0 Å². The number of halogens is 1. The molecule has 0 saturated carbocycles. The normalized spacial score (nSPS) is 8.92. The number of carbonyl (C=O) groups is 1. The fourth-order valence-corrected chi connectivity index (χ4v) is 0.852. The van der Waals surface area contributed by atoms with Crippen molar-refractivity contribution in [1.82, 2.24) is 0 Å². The third kappa shape index (κ3) is 2.46. The number of nitrogens with zero attached hydrogens (tertiary/aromatic N) is 1. The van der Waals surface area contributed by atoms with Crippen molar-refractivity contribution in [1.29, 1.82) is 5.26 Å². The van der Waals surface area contributed by atoms with E-state index in [4.69, 9.17) is 21.6 Å². The highest BCUT2D eigenvalue weighted by atomic mass is 35.5. The molecule has 0 radical (unpaired) electrons. The van der Waals surface area contributed by atoms with Crippen LogP contribution in [0, 0.1) is 11.3 Å². The predicted octanol–water partition coefficient (Wildman–Crippen LogP) is 1.70. The molecule has 1 rings (SSSR count). The third-order valence-corrected chi connectivity index (χ3v) is 1.56. The van der Waals surface area contributed by atoms with Crippen molar-refractivity contribution >= 4 is 17.6 Å². The summed E-state index contributed by atoms with van der Waals surface area (Å²) in [6.07, 6.45) is 0. The lowest BCUT2D eigenvalue weighted by Crippen LogP contribution is -2.09. The van der Waals surface area contributed by atoms with Gasteiger partial charge in [-0.2, -0.15) is 5.26 Å². The molecule has 0 aromatic heterocycles. The van der Waals surface area contributed by atoms with Crippen LogP contribution in [0.5, 0.6) is 5.75 Å². The standard InChI is InChI=1S/C9H6ClNO2/c10-5-9(12)13-8-4-2-1-3-7(8)6-11/h1-4H,5H2. The zero-order valence-corrected chi connectivity index (χ0v) is 7.41. The molecule has 0 bridgehead atoms. The predicted molar refractivity (Wildman–Crippen MR) is 47.5 cm³/mol. The second-order valence-electron chi connectivity index (χ2n) is 2.22. The number of hydrogen-bond acceptors (Lipinski definition) is 3. The number of para-hydroxylation sites is 1. The van der Waals surface area contributed by atoms with E-state index in [9.17, 15) is 4.79 Å². The van der Waals surface area contributed by atoms with Gasteiger partial charge in [0.1, 0.15) is 17.7 Å². The van der Waals surface area contributed by atoms with E-state index in [2.05, 4.69) is 0 Å². The summed E-state index contributed by atoms with van der Waals surface area (Å²) >= 11 is 5.24. The van der Waals surface area contributed by atoms with E-state index in [-0.39, 0.29) is 11.6 Å². The summed E-state index contributed by atoms with van der Waals surface area (Å²) in [7, 11) is 0. The fourth-order valence-electron chi connectivity index (χ4n) is 0.798. The molecule has 0 heterocycles. The number of esters is 1. The van der Waals surface area contributed by atoms with Crippen molar-refractivity contribution in [2.45, 2.75) is 0 Å². The van der Waals surface area contributed by atoms with Gasteiger partial charge in [-0.05, 0) is 12.1 Å². The van der Waals surface area contributed by atoms with Crippen LogP contribution in [-0.2, 0) is 4.79 Å².